The van der Waals surface area contributed by atoms with E-state index >= 15 is 0 Å². The van der Waals surface area contributed by atoms with Gasteiger partial charge in [-0.05, 0) is 55.5 Å². The highest BCUT2D eigenvalue weighted by Crippen LogP contribution is 2.24. The number of aromatic amines is 1. The fourth-order valence-corrected chi connectivity index (χ4v) is 2.57. The van der Waals surface area contributed by atoms with Gasteiger partial charge in [-0.2, -0.15) is 5.10 Å². The van der Waals surface area contributed by atoms with Crippen molar-refractivity contribution in [3.63, 3.8) is 0 Å². The van der Waals surface area contributed by atoms with Crippen molar-refractivity contribution in [1.29, 1.82) is 0 Å². The van der Waals surface area contributed by atoms with Gasteiger partial charge >= 0.3 is 0 Å². The van der Waals surface area contributed by atoms with Crippen molar-refractivity contribution in [2.45, 2.75) is 6.92 Å². The zero-order valence-electron chi connectivity index (χ0n) is 12.9. The molecule has 1 N–H and O–H groups in total. The molecule has 0 spiro atoms. The number of anilines is 1. The maximum absolute atomic E-state index is 5.39. The Morgan fingerprint density at radius 1 is 1.00 bits per heavy atom. The number of hydrogen-bond acceptors (Lipinski definition) is 3. The molecule has 5 heteroatoms. The second-order valence-corrected chi connectivity index (χ2v) is 5.85. The lowest BCUT2D eigenvalue weighted by Crippen LogP contribution is -2.08. The minimum absolute atomic E-state index is 0.593. The van der Waals surface area contributed by atoms with Crippen LogP contribution in [-0.2, 0) is 0 Å². The van der Waals surface area contributed by atoms with Gasteiger partial charge in [0, 0.05) is 31.0 Å². The Kier molecular flexibility index (Phi) is 3.81. The van der Waals surface area contributed by atoms with Crippen molar-refractivity contribution in [1.82, 2.24) is 14.8 Å². The van der Waals surface area contributed by atoms with Crippen molar-refractivity contribution < 1.29 is 0 Å². The van der Waals surface area contributed by atoms with Crippen molar-refractivity contribution in [2.24, 2.45) is 0 Å². The van der Waals surface area contributed by atoms with Gasteiger partial charge in [0.05, 0.1) is 0 Å². The number of aryl methyl sites for hydroxylation is 1. The number of benzene rings is 2. The lowest BCUT2D eigenvalue weighted by atomic mass is 10.1. The van der Waals surface area contributed by atoms with Crippen molar-refractivity contribution in [3.05, 3.63) is 58.9 Å². The Balaban J connectivity index is 2.09. The van der Waals surface area contributed by atoms with E-state index in [1.807, 2.05) is 18.7 Å². The predicted molar refractivity (Wildman–Crippen MR) is 93.2 cm³/mol. The van der Waals surface area contributed by atoms with Crippen molar-refractivity contribution in [3.8, 4) is 17.1 Å². The SMILES string of the molecule is Cc1ccc(-n2c(-c3ccc(N(C)C)cc3)n[nH]c2=S)cc1. The first-order valence-electron chi connectivity index (χ1n) is 7.08. The van der Waals surface area contributed by atoms with Crippen LogP contribution in [0.2, 0.25) is 0 Å². The summed E-state index contributed by atoms with van der Waals surface area (Å²) < 4.78 is 2.55. The van der Waals surface area contributed by atoms with E-state index < -0.39 is 0 Å². The van der Waals surface area contributed by atoms with E-state index in [-0.39, 0.29) is 0 Å². The summed E-state index contributed by atoms with van der Waals surface area (Å²) in [6, 6.07) is 16.5. The molecule has 0 radical (unpaired) electrons. The highest BCUT2D eigenvalue weighted by atomic mass is 32.1. The molecule has 4 nitrogen and oxygen atoms in total. The predicted octanol–water partition coefficient (Wildman–Crippen LogP) is 3.97. The highest BCUT2D eigenvalue weighted by Gasteiger charge is 2.10. The number of nitrogens with one attached hydrogen (secondary N) is 1. The summed E-state index contributed by atoms with van der Waals surface area (Å²) in [7, 11) is 4.05. The molecule has 3 aromatic rings. The molecule has 0 aliphatic carbocycles. The Morgan fingerprint density at radius 2 is 1.64 bits per heavy atom. The van der Waals surface area contributed by atoms with Gasteiger partial charge in [0.25, 0.3) is 0 Å². The summed E-state index contributed by atoms with van der Waals surface area (Å²) in [5.41, 5.74) is 4.41. The average Bonchev–Trinajstić information content (AvgIpc) is 2.90. The normalized spacial score (nSPS) is 10.7. The molecule has 2 aromatic carbocycles. The van der Waals surface area contributed by atoms with Gasteiger partial charge < -0.3 is 4.90 Å². The second-order valence-electron chi connectivity index (χ2n) is 5.46. The molecule has 3 rings (SSSR count). The number of H-pyrrole nitrogens is 1. The van der Waals surface area contributed by atoms with Crippen LogP contribution in [0.5, 0.6) is 0 Å². The van der Waals surface area contributed by atoms with Crippen LogP contribution in [-0.4, -0.2) is 28.9 Å². The van der Waals surface area contributed by atoms with Crippen LogP contribution in [0, 0.1) is 11.7 Å². The molecule has 0 amide bonds. The zero-order chi connectivity index (χ0) is 15.7. The van der Waals surface area contributed by atoms with Gasteiger partial charge in [-0.1, -0.05) is 17.7 Å². The van der Waals surface area contributed by atoms with E-state index in [0.717, 1.165) is 22.8 Å². The van der Waals surface area contributed by atoms with Crippen LogP contribution in [0.3, 0.4) is 0 Å². The summed E-state index contributed by atoms with van der Waals surface area (Å²) in [4.78, 5) is 2.07. The Hall–Kier alpha value is -2.40. The molecule has 0 aliphatic heterocycles. The maximum atomic E-state index is 5.39. The van der Waals surface area contributed by atoms with Gasteiger partial charge in [-0.15, -0.1) is 0 Å². The van der Waals surface area contributed by atoms with Gasteiger partial charge in [-0.25, -0.2) is 0 Å². The Labute approximate surface area is 135 Å². The topological polar surface area (TPSA) is 36.9 Å². The van der Waals surface area contributed by atoms with E-state index in [9.17, 15) is 0 Å². The molecule has 1 aromatic heterocycles. The largest absolute Gasteiger partial charge is 0.378 e. The summed E-state index contributed by atoms with van der Waals surface area (Å²) in [6.07, 6.45) is 0. The van der Waals surface area contributed by atoms with Crippen molar-refractivity contribution in [2.75, 3.05) is 19.0 Å². The molecule has 0 atom stereocenters. The monoisotopic (exact) mass is 310 g/mol. The molecular weight excluding hydrogens is 292 g/mol. The first-order valence-corrected chi connectivity index (χ1v) is 7.49. The fourth-order valence-electron chi connectivity index (χ4n) is 2.33. The van der Waals surface area contributed by atoms with E-state index in [0.29, 0.717) is 4.77 Å². The Morgan fingerprint density at radius 3 is 2.23 bits per heavy atom. The molecule has 1 heterocycles. The van der Waals surface area contributed by atoms with E-state index in [2.05, 4.69) is 70.6 Å². The van der Waals surface area contributed by atoms with E-state index in [1.165, 1.54) is 5.56 Å². The number of nitrogens with zero attached hydrogens (tertiary/aromatic N) is 3. The summed E-state index contributed by atoms with van der Waals surface area (Å²) in [5, 5.41) is 7.28. The van der Waals surface area contributed by atoms with Crippen LogP contribution in [0.25, 0.3) is 17.1 Å². The molecule has 0 aliphatic rings. The number of aromatic nitrogens is 3. The van der Waals surface area contributed by atoms with Crippen LogP contribution in [0.4, 0.5) is 5.69 Å². The van der Waals surface area contributed by atoms with Crippen LogP contribution >= 0.6 is 12.2 Å². The summed E-state index contributed by atoms with van der Waals surface area (Å²) in [5.74, 6) is 0.819. The minimum atomic E-state index is 0.593. The standard InChI is InChI=1S/C17H18N4S/c1-12-4-8-15(9-5-12)21-16(18-19-17(21)22)13-6-10-14(11-7-13)20(2)3/h4-11H,1-3H3,(H,19,22). The molecule has 0 unspecified atom stereocenters. The minimum Gasteiger partial charge on any atom is -0.378 e. The third-order valence-corrected chi connectivity index (χ3v) is 3.88. The molecule has 112 valence electrons. The molecule has 0 bridgehead atoms. The zero-order valence-corrected chi connectivity index (χ0v) is 13.7. The second kappa shape index (κ2) is 5.77. The molecule has 22 heavy (non-hydrogen) atoms. The third kappa shape index (κ3) is 2.67. The first kappa shape index (κ1) is 14.5. The van der Waals surface area contributed by atoms with Crippen molar-refractivity contribution >= 4 is 17.9 Å². The fraction of sp³-hybridized carbons (Fsp3) is 0.176. The van der Waals surface area contributed by atoms with Gasteiger partial charge in [0.1, 0.15) is 0 Å². The lowest BCUT2D eigenvalue weighted by molar-refractivity contribution is 1.03. The lowest BCUT2D eigenvalue weighted by Gasteiger charge is -2.13. The van der Waals surface area contributed by atoms with Crippen LogP contribution in [0.15, 0.2) is 48.5 Å². The van der Waals surface area contributed by atoms with Gasteiger partial charge in [-0.3, -0.25) is 9.67 Å². The third-order valence-electron chi connectivity index (χ3n) is 3.61. The van der Waals surface area contributed by atoms with E-state index in [1.54, 1.807) is 0 Å². The van der Waals surface area contributed by atoms with E-state index in [4.69, 9.17) is 12.2 Å². The van der Waals surface area contributed by atoms with Gasteiger partial charge in [0.15, 0.2) is 10.6 Å². The van der Waals surface area contributed by atoms with Crippen LogP contribution in [0.1, 0.15) is 5.56 Å². The highest BCUT2D eigenvalue weighted by molar-refractivity contribution is 7.71. The first-order chi connectivity index (χ1) is 10.6. The molecule has 0 saturated carbocycles. The van der Waals surface area contributed by atoms with Gasteiger partial charge in [0.2, 0.25) is 0 Å². The van der Waals surface area contributed by atoms with Crippen LogP contribution < -0.4 is 4.90 Å². The maximum Gasteiger partial charge on any atom is 0.200 e. The molecule has 0 fully saturated rings. The molecular formula is C17H18N4S. The Bertz CT molecular complexity index is 826. The quantitative estimate of drug-likeness (QED) is 0.744. The average molecular weight is 310 g/mol. The molecule has 0 saturated heterocycles. The number of rotatable bonds is 3. The number of hydrogen-bond donors (Lipinski definition) is 1. The summed E-state index contributed by atoms with van der Waals surface area (Å²) in [6.45, 7) is 2.07. The summed E-state index contributed by atoms with van der Waals surface area (Å²) >= 11 is 5.39. The smallest absolute Gasteiger partial charge is 0.200 e.